The van der Waals surface area contributed by atoms with Crippen molar-refractivity contribution in [2.24, 2.45) is 0 Å². The number of aromatic nitrogens is 2. The monoisotopic (exact) mass is 368 g/mol. The van der Waals surface area contributed by atoms with Crippen molar-refractivity contribution in [1.29, 1.82) is 0 Å². The Kier molecular flexibility index (Phi) is 4.31. The van der Waals surface area contributed by atoms with E-state index in [9.17, 15) is 21.6 Å². The van der Waals surface area contributed by atoms with Gasteiger partial charge in [0.05, 0.1) is 27.7 Å². The van der Waals surface area contributed by atoms with Gasteiger partial charge in [-0.15, -0.1) is 4.83 Å². The third kappa shape index (κ3) is 3.69. The molecule has 25 heavy (non-hydrogen) atoms. The molecule has 0 radical (unpaired) electrons. The fourth-order valence-electron chi connectivity index (χ4n) is 2.13. The van der Waals surface area contributed by atoms with E-state index in [1.165, 1.54) is 12.3 Å². The summed E-state index contributed by atoms with van der Waals surface area (Å²) in [4.78, 5) is 9.20. The number of nitrogens with zero attached hydrogens (tertiary/aromatic N) is 2. The highest BCUT2D eigenvalue weighted by Crippen LogP contribution is 2.33. The zero-order valence-corrected chi connectivity index (χ0v) is 13.3. The largest absolute Gasteiger partial charge is 0.417 e. The number of alkyl halides is 3. The summed E-state index contributed by atoms with van der Waals surface area (Å²) in [6.45, 7) is 0. The van der Waals surface area contributed by atoms with Gasteiger partial charge in [0.25, 0.3) is 10.0 Å². The van der Waals surface area contributed by atoms with Crippen molar-refractivity contribution >= 4 is 26.9 Å². The molecule has 0 saturated carbocycles. The number of anilines is 1. The number of hydrazine groups is 1. The molecule has 3 rings (SSSR count). The van der Waals surface area contributed by atoms with Gasteiger partial charge in [-0.3, -0.25) is 10.4 Å². The summed E-state index contributed by atoms with van der Waals surface area (Å²) in [5, 5.41) is 0. The number of rotatable bonds is 4. The average molecular weight is 368 g/mol. The summed E-state index contributed by atoms with van der Waals surface area (Å²) in [7, 11) is -4.47. The van der Waals surface area contributed by atoms with Crippen molar-refractivity contribution in [3.05, 3.63) is 60.3 Å². The minimum atomic E-state index is -4.80. The molecule has 2 N–H and O–H groups in total. The third-order valence-corrected chi connectivity index (χ3v) is 4.55. The summed E-state index contributed by atoms with van der Waals surface area (Å²) < 4.78 is 63.4. The number of sulfonamides is 1. The Hall–Kier alpha value is -2.72. The number of hydrogen-bond acceptors (Lipinski definition) is 5. The quantitative estimate of drug-likeness (QED) is 0.692. The normalized spacial score (nSPS) is 12.3. The van der Waals surface area contributed by atoms with Crippen LogP contribution < -0.4 is 10.3 Å². The highest BCUT2D eigenvalue weighted by molar-refractivity contribution is 7.89. The first-order valence-corrected chi connectivity index (χ1v) is 8.41. The van der Waals surface area contributed by atoms with E-state index in [1.807, 2.05) is 4.83 Å². The van der Waals surface area contributed by atoms with Crippen LogP contribution in [0.25, 0.3) is 11.0 Å². The third-order valence-electron chi connectivity index (χ3n) is 3.24. The van der Waals surface area contributed by atoms with E-state index in [4.69, 9.17) is 0 Å². The van der Waals surface area contributed by atoms with Gasteiger partial charge in [-0.25, -0.2) is 13.4 Å². The molecule has 0 fully saturated rings. The molecule has 0 spiro atoms. The molecule has 0 aliphatic heterocycles. The summed E-state index contributed by atoms with van der Waals surface area (Å²) in [6, 6.07) is 10.8. The van der Waals surface area contributed by atoms with Crippen LogP contribution in [0.2, 0.25) is 0 Å². The van der Waals surface area contributed by atoms with Gasteiger partial charge in [0.15, 0.2) is 5.82 Å². The van der Waals surface area contributed by atoms with E-state index >= 15 is 0 Å². The molecule has 6 nitrogen and oxygen atoms in total. The highest BCUT2D eigenvalue weighted by Gasteiger charge is 2.36. The molecular weight excluding hydrogens is 357 g/mol. The zero-order valence-electron chi connectivity index (χ0n) is 12.4. The number of fused-ring (bicyclic) bond motifs is 1. The average Bonchev–Trinajstić information content (AvgIpc) is 2.59. The number of para-hydroxylation sites is 2. The molecule has 1 heterocycles. The fourth-order valence-corrected chi connectivity index (χ4v) is 3.21. The van der Waals surface area contributed by atoms with Gasteiger partial charge in [-0.2, -0.15) is 13.2 Å². The Balaban J connectivity index is 1.87. The number of halogens is 3. The molecule has 0 aliphatic carbocycles. The van der Waals surface area contributed by atoms with Gasteiger partial charge in [0, 0.05) is 0 Å². The number of hydrogen-bond donors (Lipinski definition) is 2. The minimum Gasteiger partial charge on any atom is -0.291 e. The fraction of sp³-hybridized carbons (Fsp3) is 0.0667. The SMILES string of the molecule is O=S(=O)(NNc1cnc2ccccc2n1)c1ccccc1C(F)(F)F. The lowest BCUT2D eigenvalue weighted by atomic mass is 10.2. The van der Waals surface area contributed by atoms with Crippen LogP contribution in [0.5, 0.6) is 0 Å². The Bertz CT molecular complexity index is 1020. The van der Waals surface area contributed by atoms with Crippen LogP contribution in [0.15, 0.2) is 59.6 Å². The van der Waals surface area contributed by atoms with Crippen LogP contribution in [-0.4, -0.2) is 18.4 Å². The van der Waals surface area contributed by atoms with E-state index in [-0.39, 0.29) is 5.82 Å². The molecule has 2 aromatic carbocycles. The van der Waals surface area contributed by atoms with Crippen molar-refractivity contribution in [2.75, 3.05) is 5.43 Å². The Morgan fingerprint density at radius 2 is 1.56 bits per heavy atom. The summed E-state index contributed by atoms with van der Waals surface area (Å²) in [5.41, 5.74) is 2.12. The van der Waals surface area contributed by atoms with Gasteiger partial charge in [0.2, 0.25) is 0 Å². The van der Waals surface area contributed by atoms with E-state index in [2.05, 4.69) is 15.4 Å². The van der Waals surface area contributed by atoms with Gasteiger partial charge in [-0.1, -0.05) is 24.3 Å². The maximum atomic E-state index is 13.0. The lowest BCUT2D eigenvalue weighted by molar-refractivity contribution is -0.139. The van der Waals surface area contributed by atoms with Gasteiger partial charge in [0.1, 0.15) is 0 Å². The maximum absolute atomic E-state index is 13.0. The zero-order chi connectivity index (χ0) is 18.1. The van der Waals surface area contributed by atoms with Crippen LogP contribution in [-0.2, 0) is 16.2 Å². The van der Waals surface area contributed by atoms with E-state index < -0.39 is 26.7 Å². The molecule has 130 valence electrons. The van der Waals surface area contributed by atoms with Crippen molar-refractivity contribution < 1.29 is 21.6 Å². The topological polar surface area (TPSA) is 84.0 Å². The maximum Gasteiger partial charge on any atom is 0.417 e. The van der Waals surface area contributed by atoms with Crippen molar-refractivity contribution in [3.63, 3.8) is 0 Å². The first-order valence-electron chi connectivity index (χ1n) is 6.93. The van der Waals surface area contributed by atoms with Crippen molar-refractivity contribution in [2.45, 2.75) is 11.1 Å². The summed E-state index contributed by atoms with van der Waals surface area (Å²) in [5.74, 6) is 0.0479. The first kappa shape index (κ1) is 17.1. The lowest BCUT2D eigenvalue weighted by Gasteiger charge is -2.14. The van der Waals surface area contributed by atoms with Crippen molar-refractivity contribution in [1.82, 2.24) is 14.8 Å². The molecule has 1 aromatic heterocycles. The van der Waals surface area contributed by atoms with Gasteiger partial charge >= 0.3 is 6.18 Å². The first-order chi connectivity index (χ1) is 11.8. The summed E-state index contributed by atoms with van der Waals surface area (Å²) >= 11 is 0. The lowest BCUT2D eigenvalue weighted by Crippen LogP contribution is -2.31. The van der Waals surface area contributed by atoms with E-state index in [0.717, 1.165) is 12.1 Å². The second-order valence-corrected chi connectivity index (χ2v) is 6.62. The Labute approximate surface area is 140 Å². The van der Waals surface area contributed by atoms with Crippen LogP contribution in [0, 0.1) is 0 Å². The predicted octanol–water partition coefficient (Wildman–Crippen LogP) is 2.95. The second-order valence-electron chi connectivity index (χ2n) is 4.97. The standard InChI is InChI=1S/C15H11F3N4O2S/c16-15(17,18)10-5-1-4-8-13(10)25(23,24)22-21-14-9-19-11-6-2-3-7-12(11)20-14/h1-9,22H,(H,20,21). The van der Waals surface area contributed by atoms with Crippen LogP contribution in [0.1, 0.15) is 5.56 Å². The molecule has 0 amide bonds. The molecule has 0 bridgehead atoms. The van der Waals surface area contributed by atoms with E-state index in [0.29, 0.717) is 17.1 Å². The van der Waals surface area contributed by atoms with Gasteiger partial charge < -0.3 is 0 Å². The molecule has 0 saturated heterocycles. The Morgan fingerprint density at radius 1 is 0.920 bits per heavy atom. The van der Waals surface area contributed by atoms with E-state index in [1.54, 1.807) is 24.3 Å². The van der Waals surface area contributed by atoms with Gasteiger partial charge in [-0.05, 0) is 24.3 Å². The van der Waals surface area contributed by atoms with Crippen LogP contribution in [0.4, 0.5) is 19.0 Å². The summed E-state index contributed by atoms with van der Waals surface area (Å²) in [6.07, 6.45) is -3.53. The number of nitrogens with one attached hydrogen (secondary N) is 2. The predicted molar refractivity (Wildman–Crippen MR) is 84.9 cm³/mol. The van der Waals surface area contributed by atoms with Crippen LogP contribution in [0.3, 0.4) is 0 Å². The molecule has 0 atom stereocenters. The molecule has 0 aliphatic rings. The smallest absolute Gasteiger partial charge is 0.291 e. The van der Waals surface area contributed by atoms with Crippen LogP contribution >= 0.6 is 0 Å². The molecular formula is C15H11F3N4O2S. The highest BCUT2D eigenvalue weighted by atomic mass is 32.2. The number of benzene rings is 2. The molecule has 3 aromatic rings. The molecule has 10 heteroatoms. The minimum absolute atomic E-state index is 0.0479. The Morgan fingerprint density at radius 3 is 2.28 bits per heavy atom. The van der Waals surface area contributed by atoms with Crippen molar-refractivity contribution in [3.8, 4) is 0 Å². The second kappa shape index (κ2) is 6.30. The molecule has 0 unspecified atom stereocenters.